The van der Waals surface area contributed by atoms with Crippen molar-refractivity contribution < 1.29 is 9.84 Å². The Morgan fingerprint density at radius 3 is 2.42 bits per heavy atom. The molecule has 0 aliphatic rings. The van der Waals surface area contributed by atoms with Gasteiger partial charge in [-0.25, -0.2) is 0 Å². The van der Waals surface area contributed by atoms with Gasteiger partial charge < -0.3 is 15.6 Å². The first-order valence-electron chi connectivity index (χ1n) is 6.43. The smallest absolute Gasteiger partial charge is 0.132 e. The molecule has 0 bridgehead atoms. The van der Waals surface area contributed by atoms with Crippen LogP contribution in [-0.2, 0) is 6.42 Å². The minimum absolute atomic E-state index is 0.0649. The van der Waals surface area contributed by atoms with Crippen LogP contribution in [0.3, 0.4) is 0 Å². The first kappa shape index (κ1) is 13.6. The van der Waals surface area contributed by atoms with Crippen LogP contribution in [0.2, 0.25) is 0 Å². The molecule has 100 valence electrons. The Bertz CT molecular complexity index is 521. The van der Waals surface area contributed by atoms with Crippen molar-refractivity contribution in [2.75, 3.05) is 6.61 Å². The number of hydrogen-bond acceptors (Lipinski definition) is 3. The number of nitrogens with two attached hydrogens (primary N) is 1. The van der Waals surface area contributed by atoms with Gasteiger partial charge in [0.05, 0.1) is 0 Å². The van der Waals surface area contributed by atoms with E-state index in [4.69, 9.17) is 15.6 Å². The zero-order valence-electron chi connectivity index (χ0n) is 11.0. The molecular weight excluding hydrogens is 238 g/mol. The molecule has 0 aliphatic carbocycles. The predicted molar refractivity (Wildman–Crippen MR) is 76.4 cm³/mol. The Morgan fingerprint density at radius 2 is 1.79 bits per heavy atom. The fourth-order valence-corrected chi connectivity index (χ4v) is 1.93. The summed E-state index contributed by atoms with van der Waals surface area (Å²) in [5.41, 5.74) is 8.00. The molecule has 3 nitrogen and oxygen atoms in total. The van der Waals surface area contributed by atoms with E-state index in [1.54, 1.807) is 0 Å². The Morgan fingerprint density at radius 1 is 1.11 bits per heavy atom. The van der Waals surface area contributed by atoms with Crippen molar-refractivity contribution in [1.29, 1.82) is 0 Å². The monoisotopic (exact) mass is 257 g/mol. The summed E-state index contributed by atoms with van der Waals surface area (Å²) in [5.74, 6) is 1.56. The van der Waals surface area contributed by atoms with E-state index in [0.29, 0.717) is 6.42 Å². The molecule has 0 spiro atoms. The summed E-state index contributed by atoms with van der Waals surface area (Å²) < 4.78 is 5.86. The summed E-state index contributed by atoms with van der Waals surface area (Å²) in [6, 6.07) is 15.4. The lowest BCUT2D eigenvalue weighted by molar-refractivity contribution is 0.299. The van der Waals surface area contributed by atoms with Gasteiger partial charge in [-0.3, -0.25) is 0 Å². The molecule has 19 heavy (non-hydrogen) atoms. The summed E-state index contributed by atoms with van der Waals surface area (Å²) in [6.45, 7) is 2.10. The number of aliphatic hydroxyl groups excluding tert-OH is 1. The van der Waals surface area contributed by atoms with Crippen LogP contribution in [0.1, 0.15) is 24.1 Å². The van der Waals surface area contributed by atoms with Crippen LogP contribution >= 0.6 is 0 Å². The first-order valence-corrected chi connectivity index (χ1v) is 6.43. The maximum absolute atomic E-state index is 8.88. The summed E-state index contributed by atoms with van der Waals surface area (Å²) in [6.07, 6.45) is 0.663. The van der Waals surface area contributed by atoms with Crippen LogP contribution in [0, 0.1) is 0 Å². The molecule has 3 N–H and O–H groups in total. The second-order valence-corrected chi connectivity index (χ2v) is 4.55. The lowest BCUT2D eigenvalue weighted by Gasteiger charge is -2.13. The third kappa shape index (κ3) is 3.56. The van der Waals surface area contributed by atoms with E-state index in [2.05, 4.69) is 0 Å². The molecule has 3 heteroatoms. The van der Waals surface area contributed by atoms with Gasteiger partial charge in [-0.2, -0.15) is 0 Å². The molecule has 0 saturated heterocycles. The Balaban J connectivity index is 2.17. The molecule has 0 amide bonds. The quantitative estimate of drug-likeness (QED) is 0.865. The summed E-state index contributed by atoms with van der Waals surface area (Å²) >= 11 is 0. The standard InChI is InChI=1S/C16H19NO2/c1-12(17)15-4-2-3-5-16(15)19-14-8-6-13(7-9-14)10-11-18/h2-9,12,18H,10-11,17H2,1H3. The van der Waals surface area contributed by atoms with Crippen LogP contribution in [0.4, 0.5) is 0 Å². The van der Waals surface area contributed by atoms with Crippen molar-refractivity contribution in [2.45, 2.75) is 19.4 Å². The van der Waals surface area contributed by atoms with Gasteiger partial charge in [0.1, 0.15) is 11.5 Å². The minimum atomic E-state index is -0.0649. The number of aliphatic hydroxyl groups is 1. The highest BCUT2D eigenvalue weighted by molar-refractivity contribution is 5.39. The second-order valence-electron chi connectivity index (χ2n) is 4.55. The Labute approximate surface area is 113 Å². The molecular formula is C16H19NO2. The van der Waals surface area contributed by atoms with E-state index in [1.165, 1.54) is 0 Å². The number of ether oxygens (including phenoxy) is 1. The molecule has 0 radical (unpaired) electrons. The van der Waals surface area contributed by atoms with Crippen LogP contribution in [0.5, 0.6) is 11.5 Å². The Kier molecular flexibility index (Phi) is 4.55. The summed E-state index contributed by atoms with van der Waals surface area (Å²) in [7, 11) is 0. The van der Waals surface area contributed by atoms with Gasteiger partial charge in [0, 0.05) is 18.2 Å². The van der Waals surface area contributed by atoms with E-state index in [0.717, 1.165) is 22.6 Å². The summed E-state index contributed by atoms with van der Waals surface area (Å²) in [5, 5.41) is 8.88. The SMILES string of the molecule is CC(N)c1ccccc1Oc1ccc(CCO)cc1. The van der Waals surface area contributed by atoms with E-state index < -0.39 is 0 Å². The van der Waals surface area contributed by atoms with Gasteiger partial charge in [0.15, 0.2) is 0 Å². The average molecular weight is 257 g/mol. The van der Waals surface area contributed by atoms with Gasteiger partial charge in [-0.1, -0.05) is 30.3 Å². The van der Waals surface area contributed by atoms with E-state index in [-0.39, 0.29) is 12.6 Å². The van der Waals surface area contributed by atoms with Crippen molar-refractivity contribution in [2.24, 2.45) is 5.73 Å². The first-order chi connectivity index (χ1) is 9.20. The highest BCUT2D eigenvalue weighted by Crippen LogP contribution is 2.28. The fourth-order valence-electron chi connectivity index (χ4n) is 1.93. The lowest BCUT2D eigenvalue weighted by atomic mass is 10.1. The molecule has 0 fully saturated rings. The second kappa shape index (κ2) is 6.36. The van der Waals surface area contributed by atoms with Crippen molar-refractivity contribution >= 4 is 0 Å². The molecule has 2 aromatic carbocycles. The van der Waals surface area contributed by atoms with E-state index in [1.807, 2.05) is 55.5 Å². The van der Waals surface area contributed by atoms with E-state index in [9.17, 15) is 0 Å². The minimum Gasteiger partial charge on any atom is -0.457 e. The maximum atomic E-state index is 8.88. The molecule has 0 saturated carbocycles. The normalized spacial score (nSPS) is 12.2. The number of para-hydroxylation sites is 1. The number of benzene rings is 2. The number of rotatable bonds is 5. The molecule has 2 aromatic rings. The van der Waals surface area contributed by atoms with E-state index >= 15 is 0 Å². The van der Waals surface area contributed by atoms with Gasteiger partial charge >= 0.3 is 0 Å². The lowest BCUT2D eigenvalue weighted by Crippen LogP contribution is -2.06. The van der Waals surface area contributed by atoms with Gasteiger partial charge in [-0.15, -0.1) is 0 Å². The van der Waals surface area contributed by atoms with Gasteiger partial charge in [0.25, 0.3) is 0 Å². The third-order valence-electron chi connectivity index (χ3n) is 2.96. The molecule has 2 rings (SSSR count). The van der Waals surface area contributed by atoms with Gasteiger partial charge in [-0.05, 0) is 37.1 Å². The highest BCUT2D eigenvalue weighted by atomic mass is 16.5. The summed E-state index contributed by atoms with van der Waals surface area (Å²) in [4.78, 5) is 0. The van der Waals surface area contributed by atoms with Crippen LogP contribution < -0.4 is 10.5 Å². The zero-order valence-corrected chi connectivity index (χ0v) is 11.0. The van der Waals surface area contributed by atoms with Crippen LogP contribution in [0.15, 0.2) is 48.5 Å². The van der Waals surface area contributed by atoms with Crippen LogP contribution in [-0.4, -0.2) is 11.7 Å². The molecule has 0 aromatic heterocycles. The number of hydrogen-bond donors (Lipinski definition) is 2. The van der Waals surface area contributed by atoms with Gasteiger partial charge in [0.2, 0.25) is 0 Å². The van der Waals surface area contributed by atoms with Crippen molar-refractivity contribution in [3.8, 4) is 11.5 Å². The molecule has 1 atom stereocenters. The topological polar surface area (TPSA) is 55.5 Å². The zero-order chi connectivity index (χ0) is 13.7. The van der Waals surface area contributed by atoms with Crippen LogP contribution in [0.25, 0.3) is 0 Å². The average Bonchev–Trinajstić information content (AvgIpc) is 2.42. The highest BCUT2D eigenvalue weighted by Gasteiger charge is 2.07. The third-order valence-corrected chi connectivity index (χ3v) is 2.96. The van der Waals surface area contributed by atoms with Crippen molar-refractivity contribution in [3.05, 3.63) is 59.7 Å². The molecule has 1 unspecified atom stereocenters. The predicted octanol–water partition coefficient (Wildman–Crippen LogP) is 3.03. The largest absolute Gasteiger partial charge is 0.457 e. The van der Waals surface area contributed by atoms with Crippen molar-refractivity contribution in [1.82, 2.24) is 0 Å². The molecule has 0 heterocycles. The fraction of sp³-hybridized carbons (Fsp3) is 0.250. The molecule has 0 aliphatic heterocycles. The Hall–Kier alpha value is -1.84. The van der Waals surface area contributed by atoms with Crippen molar-refractivity contribution in [3.63, 3.8) is 0 Å². The maximum Gasteiger partial charge on any atom is 0.132 e.